The van der Waals surface area contributed by atoms with Crippen LogP contribution in [0.4, 0.5) is 30.6 Å². The molecular formula is C26H32F3N5O2. The standard InChI is InChI=1S/C26H32F3N5O2/c1-26(2,35)15-3-5-17(6-4-15)31-23-13-22-21(14-30-23)32-25(34(22)18-7-9-36-10-8-18)33-24-19(28)11-16(27)12-20(24)29/h11-15,17-18,35H,3-10H2,1-2H3,(H,30,31)(H,32,33). The Morgan fingerprint density at radius 2 is 1.67 bits per heavy atom. The van der Waals surface area contributed by atoms with Crippen molar-refractivity contribution in [3.8, 4) is 0 Å². The van der Waals surface area contributed by atoms with E-state index in [-0.39, 0.29) is 23.9 Å². The highest BCUT2D eigenvalue weighted by Crippen LogP contribution is 2.36. The fourth-order valence-electron chi connectivity index (χ4n) is 5.41. The summed E-state index contributed by atoms with van der Waals surface area (Å²) in [7, 11) is 0. The van der Waals surface area contributed by atoms with E-state index in [4.69, 9.17) is 4.74 Å². The first-order valence-corrected chi connectivity index (χ1v) is 12.5. The highest BCUT2D eigenvalue weighted by molar-refractivity contribution is 5.81. The average molecular weight is 504 g/mol. The Morgan fingerprint density at radius 1 is 1.00 bits per heavy atom. The number of fused-ring (bicyclic) bond motifs is 1. The van der Waals surface area contributed by atoms with Gasteiger partial charge in [0, 0.05) is 43.5 Å². The van der Waals surface area contributed by atoms with E-state index in [0.29, 0.717) is 36.7 Å². The van der Waals surface area contributed by atoms with Gasteiger partial charge in [0.15, 0.2) is 11.6 Å². The summed E-state index contributed by atoms with van der Waals surface area (Å²) in [5, 5.41) is 16.6. The molecule has 2 aliphatic rings. The minimum atomic E-state index is -1.03. The van der Waals surface area contributed by atoms with Crippen LogP contribution in [-0.4, -0.2) is 44.5 Å². The largest absolute Gasteiger partial charge is 0.390 e. The second-order valence-electron chi connectivity index (χ2n) is 10.4. The maximum absolute atomic E-state index is 14.4. The third-order valence-electron chi connectivity index (χ3n) is 7.45. The Hall–Kier alpha value is -2.85. The van der Waals surface area contributed by atoms with Gasteiger partial charge in [0.25, 0.3) is 0 Å². The molecule has 0 radical (unpaired) electrons. The number of halogens is 3. The number of pyridine rings is 1. The number of nitrogens with zero attached hydrogens (tertiary/aromatic N) is 3. The maximum Gasteiger partial charge on any atom is 0.208 e. The summed E-state index contributed by atoms with van der Waals surface area (Å²) in [6.07, 6.45) is 6.84. The molecule has 3 N–H and O–H groups in total. The van der Waals surface area contributed by atoms with E-state index in [1.54, 1.807) is 6.20 Å². The molecule has 2 aromatic heterocycles. The van der Waals surface area contributed by atoms with Crippen LogP contribution in [0.1, 0.15) is 58.4 Å². The molecule has 3 aromatic rings. The summed E-state index contributed by atoms with van der Waals surface area (Å²) in [6.45, 7) is 4.88. The van der Waals surface area contributed by atoms with Gasteiger partial charge in [-0.15, -0.1) is 0 Å². The quantitative estimate of drug-likeness (QED) is 0.401. The van der Waals surface area contributed by atoms with Crippen LogP contribution in [0.5, 0.6) is 0 Å². The summed E-state index contributed by atoms with van der Waals surface area (Å²) >= 11 is 0. The van der Waals surface area contributed by atoms with Gasteiger partial charge in [-0.3, -0.25) is 0 Å². The van der Waals surface area contributed by atoms with Crippen LogP contribution in [-0.2, 0) is 4.74 Å². The lowest BCUT2D eigenvalue weighted by atomic mass is 9.77. The van der Waals surface area contributed by atoms with E-state index in [0.717, 1.165) is 44.0 Å². The fraction of sp³-hybridized carbons (Fsp3) is 0.538. The number of aliphatic hydroxyl groups is 1. The summed E-state index contributed by atoms with van der Waals surface area (Å²) < 4.78 is 49.7. The van der Waals surface area contributed by atoms with E-state index in [9.17, 15) is 18.3 Å². The second kappa shape index (κ2) is 9.89. The first-order valence-electron chi connectivity index (χ1n) is 12.5. The molecule has 0 amide bonds. The number of rotatable bonds is 6. The number of benzene rings is 1. The normalized spacial score (nSPS) is 21.6. The van der Waals surface area contributed by atoms with Gasteiger partial charge in [-0.05, 0) is 58.3 Å². The van der Waals surface area contributed by atoms with E-state index < -0.39 is 28.7 Å². The van der Waals surface area contributed by atoms with Gasteiger partial charge in [0.05, 0.1) is 17.3 Å². The van der Waals surface area contributed by atoms with Crippen LogP contribution < -0.4 is 10.6 Å². The highest BCUT2D eigenvalue weighted by atomic mass is 19.1. The zero-order chi connectivity index (χ0) is 25.4. The number of aromatic nitrogens is 3. The van der Waals surface area contributed by atoms with E-state index in [2.05, 4.69) is 20.6 Å². The van der Waals surface area contributed by atoms with Crippen molar-refractivity contribution in [1.29, 1.82) is 0 Å². The van der Waals surface area contributed by atoms with E-state index in [1.807, 2.05) is 24.5 Å². The third kappa shape index (κ3) is 5.15. The van der Waals surface area contributed by atoms with Gasteiger partial charge < -0.3 is 25.0 Å². The third-order valence-corrected chi connectivity index (χ3v) is 7.45. The zero-order valence-corrected chi connectivity index (χ0v) is 20.5. The molecule has 7 nitrogen and oxygen atoms in total. The van der Waals surface area contributed by atoms with Crippen molar-refractivity contribution in [2.45, 2.75) is 70.1 Å². The van der Waals surface area contributed by atoms with Gasteiger partial charge in [0.1, 0.15) is 22.8 Å². The van der Waals surface area contributed by atoms with Gasteiger partial charge in [-0.1, -0.05) is 0 Å². The Labute approximate surface area is 208 Å². The lowest BCUT2D eigenvalue weighted by Gasteiger charge is -2.36. The Kier molecular flexibility index (Phi) is 6.82. The predicted molar refractivity (Wildman–Crippen MR) is 132 cm³/mol. The van der Waals surface area contributed by atoms with Gasteiger partial charge >= 0.3 is 0 Å². The van der Waals surface area contributed by atoms with Gasteiger partial charge in [0.2, 0.25) is 5.95 Å². The highest BCUT2D eigenvalue weighted by Gasteiger charge is 2.31. The molecule has 36 heavy (non-hydrogen) atoms. The lowest BCUT2D eigenvalue weighted by Crippen LogP contribution is -2.37. The van der Waals surface area contributed by atoms with Crippen molar-refractivity contribution < 1.29 is 23.0 Å². The molecular weight excluding hydrogens is 471 g/mol. The summed E-state index contributed by atoms with van der Waals surface area (Å²) in [4.78, 5) is 9.11. The molecule has 1 aromatic carbocycles. The van der Waals surface area contributed by atoms with Crippen LogP contribution in [0, 0.1) is 23.4 Å². The molecule has 1 saturated heterocycles. The maximum atomic E-state index is 14.4. The van der Waals surface area contributed by atoms with Crippen LogP contribution in [0.3, 0.4) is 0 Å². The Bertz CT molecular complexity index is 1210. The van der Waals surface area contributed by atoms with Crippen molar-refractivity contribution in [1.82, 2.24) is 14.5 Å². The van der Waals surface area contributed by atoms with Crippen LogP contribution in [0.15, 0.2) is 24.4 Å². The van der Waals surface area contributed by atoms with Crippen molar-refractivity contribution >= 4 is 28.5 Å². The molecule has 1 saturated carbocycles. The molecule has 2 fully saturated rings. The number of imidazole rings is 1. The minimum Gasteiger partial charge on any atom is -0.390 e. The summed E-state index contributed by atoms with van der Waals surface area (Å²) in [6, 6.07) is 3.46. The molecule has 0 unspecified atom stereocenters. The predicted octanol–water partition coefficient (Wildman–Crippen LogP) is 5.69. The number of nitrogens with one attached hydrogen (secondary N) is 2. The van der Waals surface area contributed by atoms with E-state index in [1.165, 1.54) is 0 Å². The average Bonchev–Trinajstić information content (AvgIpc) is 3.19. The van der Waals surface area contributed by atoms with Crippen molar-refractivity contribution in [3.63, 3.8) is 0 Å². The summed E-state index contributed by atoms with van der Waals surface area (Å²) in [5.41, 5.74) is 0.249. The molecule has 0 spiro atoms. The molecule has 5 rings (SSSR count). The van der Waals surface area contributed by atoms with E-state index >= 15 is 0 Å². The van der Waals surface area contributed by atoms with Crippen LogP contribution in [0.2, 0.25) is 0 Å². The minimum absolute atomic E-state index is 0.00953. The molecule has 1 aliphatic heterocycles. The number of hydrogen-bond donors (Lipinski definition) is 3. The van der Waals surface area contributed by atoms with Crippen LogP contribution in [0.25, 0.3) is 11.0 Å². The first-order chi connectivity index (χ1) is 17.2. The monoisotopic (exact) mass is 503 g/mol. The van der Waals surface area contributed by atoms with Gasteiger partial charge in [-0.25, -0.2) is 23.1 Å². The Morgan fingerprint density at radius 3 is 2.31 bits per heavy atom. The topological polar surface area (TPSA) is 84.2 Å². The van der Waals surface area contributed by atoms with Crippen LogP contribution >= 0.6 is 0 Å². The van der Waals surface area contributed by atoms with Crippen molar-refractivity contribution in [3.05, 3.63) is 41.8 Å². The van der Waals surface area contributed by atoms with Crippen molar-refractivity contribution in [2.75, 3.05) is 23.8 Å². The fourth-order valence-corrected chi connectivity index (χ4v) is 5.41. The second-order valence-corrected chi connectivity index (χ2v) is 10.4. The molecule has 10 heteroatoms. The number of ether oxygens (including phenoxy) is 1. The summed E-state index contributed by atoms with van der Waals surface area (Å²) in [5.74, 6) is -1.79. The molecule has 0 bridgehead atoms. The molecule has 1 aliphatic carbocycles. The number of hydrogen-bond acceptors (Lipinski definition) is 6. The molecule has 3 heterocycles. The van der Waals surface area contributed by atoms with Gasteiger partial charge in [-0.2, -0.15) is 0 Å². The smallest absolute Gasteiger partial charge is 0.208 e. The molecule has 0 atom stereocenters. The number of anilines is 3. The lowest BCUT2D eigenvalue weighted by molar-refractivity contribution is -0.000403. The Balaban J connectivity index is 1.45. The first kappa shape index (κ1) is 24.8. The molecule has 194 valence electrons. The zero-order valence-electron chi connectivity index (χ0n) is 20.5. The SMILES string of the molecule is CC(C)(O)C1CCC(Nc2cc3c(cn2)nc(Nc2c(F)cc(F)cc2F)n3C2CCOCC2)CC1. The van der Waals surface area contributed by atoms with Crippen molar-refractivity contribution in [2.24, 2.45) is 5.92 Å².